The first kappa shape index (κ1) is 27.2. The molecule has 1 heterocycles. The van der Waals surface area contributed by atoms with Gasteiger partial charge in [0, 0.05) is 17.1 Å². The van der Waals surface area contributed by atoms with Crippen molar-refractivity contribution in [2.24, 2.45) is 0 Å². The van der Waals surface area contributed by atoms with Crippen molar-refractivity contribution in [2.45, 2.75) is 27.7 Å². The topological polar surface area (TPSA) is 122 Å². The second-order valence-corrected chi connectivity index (χ2v) is 8.75. The first-order valence-electron chi connectivity index (χ1n) is 12.8. The number of amides is 1. The van der Waals surface area contributed by atoms with Crippen molar-refractivity contribution in [3.8, 4) is 11.5 Å². The standard InChI is InChI=1S/C29H33N7O3/c1-5-38-24-11-7-21(8-12-24)32-28-34-27(30-18-26(37)31-23-16-19(3)15-20(4)17-23)35-29(36-28)33-22-9-13-25(14-10-22)39-6-2/h7-17H,5-6,18H2,1-4H3,(H,31,37)(H3,30,32,33,34,35,36). The third-order valence-electron chi connectivity index (χ3n) is 5.39. The van der Waals surface area contributed by atoms with Gasteiger partial charge in [0.05, 0.1) is 19.8 Å². The fraction of sp³-hybridized carbons (Fsp3) is 0.241. The van der Waals surface area contributed by atoms with Crippen LogP contribution in [0.2, 0.25) is 0 Å². The third-order valence-corrected chi connectivity index (χ3v) is 5.39. The average molecular weight is 528 g/mol. The number of hydrogen-bond donors (Lipinski definition) is 4. The van der Waals surface area contributed by atoms with E-state index in [1.165, 1.54) is 0 Å². The Hall–Kier alpha value is -4.86. The van der Waals surface area contributed by atoms with E-state index in [-0.39, 0.29) is 18.4 Å². The van der Waals surface area contributed by atoms with E-state index in [1.54, 1.807) is 0 Å². The molecule has 0 aliphatic carbocycles. The Kier molecular flexibility index (Phi) is 9.12. The molecule has 0 atom stereocenters. The summed E-state index contributed by atoms with van der Waals surface area (Å²) < 4.78 is 11.0. The van der Waals surface area contributed by atoms with Crippen LogP contribution in [0.3, 0.4) is 0 Å². The second kappa shape index (κ2) is 13.1. The molecule has 4 N–H and O–H groups in total. The first-order chi connectivity index (χ1) is 18.9. The highest BCUT2D eigenvalue weighted by Crippen LogP contribution is 2.22. The van der Waals surface area contributed by atoms with Crippen molar-refractivity contribution in [1.29, 1.82) is 0 Å². The van der Waals surface area contributed by atoms with Crippen LogP contribution in [0.15, 0.2) is 66.7 Å². The summed E-state index contributed by atoms with van der Waals surface area (Å²) in [6.07, 6.45) is 0. The number of ether oxygens (including phenoxy) is 2. The Morgan fingerprint density at radius 3 is 1.59 bits per heavy atom. The molecule has 0 unspecified atom stereocenters. The molecule has 1 amide bonds. The molecule has 0 aliphatic heterocycles. The van der Waals surface area contributed by atoms with E-state index in [2.05, 4.69) is 42.3 Å². The smallest absolute Gasteiger partial charge is 0.243 e. The van der Waals surface area contributed by atoms with Gasteiger partial charge in [0.1, 0.15) is 11.5 Å². The van der Waals surface area contributed by atoms with Crippen LogP contribution < -0.4 is 30.7 Å². The second-order valence-electron chi connectivity index (χ2n) is 8.75. The minimum absolute atomic E-state index is 0.0258. The summed E-state index contributed by atoms with van der Waals surface area (Å²) in [6.45, 7) is 9.01. The molecular weight excluding hydrogens is 494 g/mol. The summed E-state index contributed by atoms with van der Waals surface area (Å²) in [4.78, 5) is 26.1. The van der Waals surface area contributed by atoms with Gasteiger partial charge in [-0.05, 0) is 99.5 Å². The number of benzene rings is 3. The number of aromatic nitrogens is 3. The van der Waals surface area contributed by atoms with Crippen LogP contribution in [-0.4, -0.2) is 40.6 Å². The van der Waals surface area contributed by atoms with Gasteiger partial charge in [0.25, 0.3) is 0 Å². The van der Waals surface area contributed by atoms with Crippen LogP contribution in [0.5, 0.6) is 11.5 Å². The molecule has 0 spiro atoms. The monoisotopic (exact) mass is 527 g/mol. The molecule has 0 saturated carbocycles. The van der Waals surface area contributed by atoms with E-state index < -0.39 is 0 Å². The normalized spacial score (nSPS) is 10.5. The Balaban J connectivity index is 1.50. The van der Waals surface area contributed by atoms with E-state index in [1.807, 2.05) is 88.4 Å². The van der Waals surface area contributed by atoms with Crippen molar-refractivity contribution in [1.82, 2.24) is 15.0 Å². The van der Waals surface area contributed by atoms with Crippen molar-refractivity contribution < 1.29 is 14.3 Å². The summed E-state index contributed by atoms with van der Waals surface area (Å²) in [7, 11) is 0. The zero-order valence-electron chi connectivity index (χ0n) is 22.5. The molecule has 4 rings (SSSR count). The number of hydrogen-bond acceptors (Lipinski definition) is 9. The minimum atomic E-state index is -0.220. The van der Waals surface area contributed by atoms with E-state index in [9.17, 15) is 4.79 Å². The number of rotatable bonds is 12. The van der Waals surface area contributed by atoms with Gasteiger partial charge in [-0.25, -0.2) is 0 Å². The fourth-order valence-corrected chi connectivity index (χ4v) is 3.84. The molecule has 0 saturated heterocycles. The summed E-state index contributed by atoms with van der Waals surface area (Å²) in [5.74, 6) is 2.17. The van der Waals surface area contributed by atoms with Crippen LogP contribution in [0.4, 0.5) is 34.9 Å². The fourth-order valence-electron chi connectivity index (χ4n) is 3.84. The lowest BCUT2D eigenvalue weighted by Gasteiger charge is -2.12. The zero-order valence-corrected chi connectivity index (χ0v) is 22.5. The lowest BCUT2D eigenvalue weighted by atomic mass is 10.1. The highest BCUT2D eigenvalue weighted by molar-refractivity contribution is 5.93. The lowest BCUT2D eigenvalue weighted by molar-refractivity contribution is -0.114. The zero-order chi connectivity index (χ0) is 27.6. The number of nitrogens with one attached hydrogen (secondary N) is 4. The molecule has 202 valence electrons. The highest BCUT2D eigenvalue weighted by atomic mass is 16.5. The highest BCUT2D eigenvalue weighted by Gasteiger charge is 2.11. The predicted octanol–water partition coefficient (Wildman–Crippen LogP) is 5.82. The molecule has 0 fully saturated rings. The number of anilines is 6. The van der Waals surface area contributed by atoms with E-state index >= 15 is 0 Å². The van der Waals surface area contributed by atoms with Crippen LogP contribution in [0, 0.1) is 13.8 Å². The van der Waals surface area contributed by atoms with Gasteiger partial charge in [0.15, 0.2) is 0 Å². The molecule has 10 nitrogen and oxygen atoms in total. The van der Waals surface area contributed by atoms with Crippen molar-refractivity contribution >= 4 is 40.8 Å². The van der Waals surface area contributed by atoms with Crippen molar-refractivity contribution in [2.75, 3.05) is 41.0 Å². The maximum atomic E-state index is 12.6. The van der Waals surface area contributed by atoms with Crippen LogP contribution in [0.25, 0.3) is 0 Å². The van der Waals surface area contributed by atoms with Crippen LogP contribution in [-0.2, 0) is 4.79 Å². The molecule has 0 bridgehead atoms. The Bertz CT molecular complexity index is 1300. The van der Waals surface area contributed by atoms with Gasteiger partial charge in [-0.1, -0.05) is 6.07 Å². The number of carbonyl (C=O) groups excluding carboxylic acids is 1. The first-order valence-corrected chi connectivity index (χ1v) is 12.8. The maximum absolute atomic E-state index is 12.6. The van der Waals surface area contributed by atoms with Gasteiger partial charge in [-0.15, -0.1) is 0 Å². The molecule has 10 heteroatoms. The predicted molar refractivity (Wildman–Crippen MR) is 155 cm³/mol. The van der Waals surface area contributed by atoms with Gasteiger partial charge in [-0.3, -0.25) is 4.79 Å². The van der Waals surface area contributed by atoms with Crippen LogP contribution >= 0.6 is 0 Å². The maximum Gasteiger partial charge on any atom is 0.243 e. The molecule has 0 aliphatic rings. The van der Waals surface area contributed by atoms with Crippen molar-refractivity contribution in [3.05, 3.63) is 77.9 Å². The SMILES string of the molecule is CCOc1ccc(Nc2nc(NCC(=O)Nc3cc(C)cc(C)c3)nc(Nc3ccc(OCC)cc3)n2)cc1. The van der Waals surface area contributed by atoms with Gasteiger partial charge < -0.3 is 30.7 Å². The Morgan fingerprint density at radius 1 is 0.667 bits per heavy atom. The summed E-state index contributed by atoms with van der Waals surface area (Å²) in [5.41, 5.74) is 4.44. The Labute approximate surface area is 228 Å². The molecule has 0 radical (unpaired) electrons. The molecule has 39 heavy (non-hydrogen) atoms. The van der Waals surface area contributed by atoms with E-state index in [4.69, 9.17) is 9.47 Å². The third kappa shape index (κ3) is 8.32. The quantitative estimate of drug-likeness (QED) is 0.180. The summed E-state index contributed by atoms with van der Waals surface area (Å²) in [6, 6.07) is 20.8. The van der Waals surface area contributed by atoms with Gasteiger partial charge in [0.2, 0.25) is 23.8 Å². The molecular formula is C29H33N7O3. The summed E-state index contributed by atoms with van der Waals surface area (Å²) >= 11 is 0. The molecule has 4 aromatic rings. The number of nitrogens with zero attached hydrogens (tertiary/aromatic N) is 3. The summed E-state index contributed by atoms with van der Waals surface area (Å²) in [5, 5.41) is 12.3. The largest absolute Gasteiger partial charge is 0.494 e. The average Bonchev–Trinajstić information content (AvgIpc) is 2.89. The molecule has 1 aromatic heterocycles. The Morgan fingerprint density at radius 2 is 1.13 bits per heavy atom. The minimum Gasteiger partial charge on any atom is -0.494 e. The van der Waals surface area contributed by atoms with Gasteiger partial charge in [-0.2, -0.15) is 15.0 Å². The van der Waals surface area contributed by atoms with Crippen molar-refractivity contribution in [3.63, 3.8) is 0 Å². The number of aryl methyl sites for hydroxylation is 2. The van der Waals surface area contributed by atoms with Crippen LogP contribution in [0.1, 0.15) is 25.0 Å². The van der Waals surface area contributed by atoms with E-state index in [0.717, 1.165) is 39.7 Å². The molecule has 3 aromatic carbocycles. The number of carbonyl (C=O) groups is 1. The van der Waals surface area contributed by atoms with E-state index in [0.29, 0.717) is 25.1 Å². The lowest BCUT2D eigenvalue weighted by Crippen LogP contribution is -2.23. The van der Waals surface area contributed by atoms with Gasteiger partial charge >= 0.3 is 0 Å².